The van der Waals surface area contributed by atoms with E-state index in [9.17, 15) is 47.6 Å². The van der Waals surface area contributed by atoms with Gasteiger partial charge in [0.25, 0.3) is 0 Å². The molecule has 338 valence electrons. The van der Waals surface area contributed by atoms with Gasteiger partial charge in [-0.15, -0.1) is 0 Å². The first-order chi connectivity index (χ1) is 27.8. The zero-order valence-corrected chi connectivity index (χ0v) is 36.0. The van der Waals surface area contributed by atoms with Gasteiger partial charge in [-0.3, -0.25) is 9.69 Å². The Morgan fingerprint density at radius 2 is 1.65 bits per heavy atom. The first-order valence-electron chi connectivity index (χ1n) is 20.5. The van der Waals surface area contributed by atoms with Crippen LogP contribution in [0.5, 0.6) is 5.75 Å². The number of aliphatic hydroxyl groups excluding tert-OH is 2. The van der Waals surface area contributed by atoms with Crippen LogP contribution < -0.4 is 15.0 Å². The second kappa shape index (κ2) is 19.6. The van der Waals surface area contributed by atoms with Crippen molar-refractivity contribution in [1.82, 2.24) is 10.2 Å². The number of aliphatic hydroxyl groups is 4. The lowest BCUT2D eigenvalue weighted by atomic mass is 9.78. The van der Waals surface area contributed by atoms with E-state index in [2.05, 4.69) is 5.32 Å². The van der Waals surface area contributed by atoms with Gasteiger partial charge in [-0.1, -0.05) is 39.0 Å². The number of carbonyl (C=O) groups excluding carboxylic acids is 2. The molecule has 2 saturated heterocycles. The van der Waals surface area contributed by atoms with E-state index in [1.807, 2.05) is 6.92 Å². The van der Waals surface area contributed by atoms with Crippen molar-refractivity contribution in [2.45, 2.75) is 147 Å². The Bertz CT molecular complexity index is 1740. The lowest BCUT2D eigenvalue weighted by molar-refractivity contribution is -0.293. The molecule has 0 saturated carbocycles. The number of cyclic esters (lactones) is 1. The van der Waals surface area contributed by atoms with Crippen molar-refractivity contribution in [2.75, 3.05) is 25.5 Å². The molecule has 0 bridgehead atoms. The standard InChI is InChI=1S/C43H63F4N3O10/c1-11-33-42(8,56)36(52)27(6)48-22-23(2)21-41(7,55)37(25(4)34(51)26(5)38(53)59-33)60-39-35(58-29-17-18-31(44)30(20-29)43(45,46)47)32(19-24(3)57-39)50(10)40(54)49(9)28-15-13-12-14-16-28/h12-18,20,23-27,32-37,39,48,51-52,55-56H,11,19,21-22H2,1-10H3/t23-,24-,25+,26-,27-,32+,33-,34+,35-,36-,37-,39+,41-,42-/m1/s1. The minimum atomic E-state index is -5.07. The van der Waals surface area contributed by atoms with Crippen LogP contribution in [0.3, 0.4) is 0 Å². The number of urea groups is 1. The minimum absolute atomic E-state index is 0.0156. The van der Waals surface area contributed by atoms with E-state index >= 15 is 0 Å². The second-order valence-electron chi connectivity index (χ2n) is 17.2. The number of amides is 2. The number of nitrogens with one attached hydrogen (secondary N) is 1. The summed E-state index contributed by atoms with van der Waals surface area (Å²) in [5.41, 5.74) is -4.73. The number of anilines is 1. The molecule has 2 aliphatic rings. The van der Waals surface area contributed by atoms with E-state index in [1.54, 1.807) is 65.1 Å². The SMILES string of the molecule is CC[C@H]1OC(=O)[C@H](C)[C@@H](O)[C@H](C)[C@@H](O[C@@H]2O[C@H](C)C[C@H](N(C)C(=O)N(C)c3ccccc3)[C@H]2Oc2ccc(F)c(C(F)(F)F)c2)[C@](C)(O)C[C@@H](C)CN[C@H](C)[C@@H](O)[C@]1(C)O. The smallest absolute Gasteiger partial charge is 0.419 e. The van der Waals surface area contributed by atoms with E-state index in [0.717, 1.165) is 6.07 Å². The van der Waals surface area contributed by atoms with Gasteiger partial charge in [0.1, 0.15) is 29.4 Å². The number of likely N-dealkylation sites (N-methyl/N-ethyl adjacent to an activating group) is 1. The van der Waals surface area contributed by atoms with Gasteiger partial charge in [0.05, 0.1) is 41.4 Å². The third kappa shape index (κ3) is 11.3. The number of hydrogen-bond acceptors (Lipinski definition) is 11. The van der Waals surface area contributed by atoms with Crippen LogP contribution in [-0.4, -0.2) is 124 Å². The zero-order valence-electron chi connectivity index (χ0n) is 36.0. The molecule has 5 N–H and O–H groups in total. The van der Waals surface area contributed by atoms with Gasteiger partial charge in [0, 0.05) is 31.7 Å². The average Bonchev–Trinajstić information content (AvgIpc) is 3.19. The quantitative estimate of drug-likeness (QED) is 0.176. The summed E-state index contributed by atoms with van der Waals surface area (Å²) in [6.45, 7) is 12.9. The number of halogens is 4. The molecule has 4 rings (SSSR count). The molecular weight excluding hydrogens is 794 g/mol. The van der Waals surface area contributed by atoms with Crippen LogP contribution in [0.2, 0.25) is 0 Å². The summed E-state index contributed by atoms with van der Waals surface area (Å²) in [7, 11) is 3.05. The highest BCUT2D eigenvalue weighted by molar-refractivity contribution is 5.91. The van der Waals surface area contributed by atoms with E-state index < -0.39 is 113 Å². The molecule has 60 heavy (non-hydrogen) atoms. The van der Waals surface area contributed by atoms with E-state index in [0.29, 0.717) is 17.8 Å². The number of ether oxygens (including phenoxy) is 4. The Morgan fingerprint density at radius 1 is 1.02 bits per heavy atom. The fraction of sp³-hybridized carbons (Fsp3) is 0.674. The van der Waals surface area contributed by atoms with Gasteiger partial charge < -0.3 is 49.6 Å². The van der Waals surface area contributed by atoms with Crippen LogP contribution >= 0.6 is 0 Å². The number of para-hydroxylation sites is 1. The molecule has 2 amide bonds. The van der Waals surface area contributed by atoms with Crippen LogP contribution in [0.1, 0.15) is 80.2 Å². The van der Waals surface area contributed by atoms with Gasteiger partial charge >= 0.3 is 18.2 Å². The molecule has 0 aliphatic carbocycles. The summed E-state index contributed by atoms with van der Waals surface area (Å²) in [5.74, 6) is -5.49. The molecule has 17 heteroatoms. The Hall–Kier alpha value is -3.58. The highest BCUT2D eigenvalue weighted by Gasteiger charge is 2.51. The van der Waals surface area contributed by atoms with Crippen molar-refractivity contribution < 1.29 is 66.5 Å². The molecule has 2 aromatic carbocycles. The maximum absolute atomic E-state index is 14.5. The molecule has 0 aromatic heterocycles. The summed E-state index contributed by atoms with van der Waals surface area (Å²) >= 11 is 0. The highest BCUT2D eigenvalue weighted by atomic mass is 19.4. The lowest BCUT2D eigenvalue weighted by Gasteiger charge is -2.48. The summed E-state index contributed by atoms with van der Waals surface area (Å²) in [6, 6.07) is 8.72. The Balaban J connectivity index is 1.81. The van der Waals surface area contributed by atoms with Gasteiger partial charge in [0.2, 0.25) is 0 Å². The fourth-order valence-electron chi connectivity index (χ4n) is 8.44. The molecular formula is C43H63F4N3O10. The van der Waals surface area contributed by atoms with E-state index in [1.165, 1.54) is 37.6 Å². The van der Waals surface area contributed by atoms with E-state index in [-0.39, 0.29) is 31.7 Å². The molecule has 2 fully saturated rings. The third-order valence-electron chi connectivity index (χ3n) is 12.0. The molecule has 2 aliphatic heterocycles. The Morgan fingerprint density at radius 3 is 2.25 bits per heavy atom. The van der Waals surface area contributed by atoms with Crippen molar-refractivity contribution in [2.24, 2.45) is 17.8 Å². The molecule has 0 spiro atoms. The van der Waals surface area contributed by atoms with Crippen LogP contribution in [0, 0.1) is 23.6 Å². The third-order valence-corrected chi connectivity index (χ3v) is 12.0. The maximum Gasteiger partial charge on any atom is 0.419 e. The van der Waals surface area contributed by atoms with Gasteiger partial charge in [-0.05, 0) is 96.7 Å². The fourth-order valence-corrected chi connectivity index (χ4v) is 8.44. The van der Waals surface area contributed by atoms with Crippen LogP contribution in [0.15, 0.2) is 48.5 Å². The number of hydrogen-bond donors (Lipinski definition) is 5. The zero-order chi connectivity index (χ0) is 45.1. The predicted molar refractivity (Wildman–Crippen MR) is 214 cm³/mol. The highest BCUT2D eigenvalue weighted by Crippen LogP contribution is 2.39. The van der Waals surface area contributed by atoms with Crippen molar-refractivity contribution in [3.63, 3.8) is 0 Å². The van der Waals surface area contributed by atoms with Gasteiger partial charge in [-0.2, -0.15) is 13.2 Å². The van der Waals surface area contributed by atoms with Crippen LogP contribution in [0.25, 0.3) is 0 Å². The summed E-state index contributed by atoms with van der Waals surface area (Å²) in [5, 5.41) is 50.0. The second-order valence-corrected chi connectivity index (χ2v) is 17.2. The average molecular weight is 858 g/mol. The lowest BCUT2D eigenvalue weighted by Crippen LogP contribution is -2.62. The maximum atomic E-state index is 14.5. The number of alkyl halides is 3. The molecule has 0 unspecified atom stereocenters. The number of carbonyl (C=O) groups is 2. The molecule has 13 nitrogen and oxygen atoms in total. The number of rotatable bonds is 7. The normalized spacial score (nSPS) is 36.3. The summed E-state index contributed by atoms with van der Waals surface area (Å²) in [6.07, 6.45) is -13.9. The number of esters is 1. The molecule has 2 heterocycles. The first kappa shape index (κ1) is 49.1. The molecule has 2 aromatic rings. The van der Waals surface area contributed by atoms with E-state index in [4.69, 9.17) is 18.9 Å². The Kier molecular flexibility index (Phi) is 16.1. The number of benzene rings is 2. The monoisotopic (exact) mass is 857 g/mol. The van der Waals surface area contributed by atoms with Crippen LogP contribution in [-0.2, 0) is 25.2 Å². The largest absolute Gasteiger partial charge is 0.483 e. The van der Waals surface area contributed by atoms with Crippen molar-refractivity contribution in [1.29, 1.82) is 0 Å². The number of nitrogens with zero attached hydrogens (tertiary/aromatic N) is 2. The van der Waals surface area contributed by atoms with Crippen LogP contribution in [0.4, 0.5) is 28.0 Å². The molecule has 0 radical (unpaired) electrons. The van der Waals surface area contributed by atoms with Crippen molar-refractivity contribution in [3.05, 3.63) is 59.9 Å². The van der Waals surface area contributed by atoms with Gasteiger partial charge in [0.15, 0.2) is 12.4 Å². The van der Waals surface area contributed by atoms with Gasteiger partial charge in [-0.25, -0.2) is 9.18 Å². The van der Waals surface area contributed by atoms with Crippen molar-refractivity contribution in [3.8, 4) is 5.75 Å². The van der Waals surface area contributed by atoms with Crippen molar-refractivity contribution >= 4 is 17.7 Å². The first-order valence-corrected chi connectivity index (χ1v) is 20.5. The minimum Gasteiger partial charge on any atom is -0.483 e. The molecule has 14 atom stereocenters. The summed E-state index contributed by atoms with van der Waals surface area (Å²) < 4.78 is 81.2. The summed E-state index contributed by atoms with van der Waals surface area (Å²) in [4.78, 5) is 30.4. The predicted octanol–water partition coefficient (Wildman–Crippen LogP) is 5.50. The Labute approximate surface area is 349 Å². The topological polar surface area (TPSA) is 170 Å².